The Hall–Kier alpha value is -0.540. The van der Waals surface area contributed by atoms with Gasteiger partial charge in [0, 0.05) is 6.42 Å². The summed E-state index contributed by atoms with van der Waals surface area (Å²) < 4.78 is 0.856. The predicted molar refractivity (Wildman–Crippen MR) is 70.3 cm³/mol. The second kappa shape index (κ2) is 3.99. The summed E-state index contributed by atoms with van der Waals surface area (Å²) in [5.41, 5.74) is 2.97. The van der Waals surface area contributed by atoms with E-state index in [2.05, 4.69) is 22.0 Å². The molecular formula is C14H17BrO2. The Balaban J connectivity index is 2.01. The van der Waals surface area contributed by atoms with Crippen molar-refractivity contribution < 1.29 is 10.2 Å². The van der Waals surface area contributed by atoms with Crippen LogP contribution in [0.25, 0.3) is 0 Å². The summed E-state index contributed by atoms with van der Waals surface area (Å²) in [5, 5.41) is 20.2. The number of aryl methyl sites for hydroxylation is 1. The van der Waals surface area contributed by atoms with Crippen LogP contribution in [-0.4, -0.2) is 15.8 Å². The summed E-state index contributed by atoms with van der Waals surface area (Å²) >= 11 is 3.51. The van der Waals surface area contributed by atoms with Gasteiger partial charge in [-0.15, -0.1) is 0 Å². The van der Waals surface area contributed by atoms with E-state index >= 15 is 0 Å². The van der Waals surface area contributed by atoms with Crippen molar-refractivity contribution >= 4 is 15.9 Å². The van der Waals surface area contributed by atoms with Gasteiger partial charge >= 0.3 is 0 Å². The van der Waals surface area contributed by atoms with Gasteiger partial charge in [-0.05, 0) is 71.1 Å². The maximum atomic E-state index is 10.2. The van der Waals surface area contributed by atoms with E-state index in [9.17, 15) is 10.2 Å². The third-order valence-corrected chi connectivity index (χ3v) is 4.84. The minimum atomic E-state index is -0.542. The largest absolute Gasteiger partial charge is 0.506 e. The maximum absolute atomic E-state index is 10.2. The van der Waals surface area contributed by atoms with Crippen molar-refractivity contribution in [1.82, 2.24) is 0 Å². The lowest BCUT2D eigenvalue weighted by atomic mass is 9.88. The van der Waals surface area contributed by atoms with Crippen LogP contribution < -0.4 is 0 Å². The summed E-state index contributed by atoms with van der Waals surface area (Å²) in [6.45, 7) is 0. The van der Waals surface area contributed by atoms with Gasteiger partial charge in [0.2, 0.25) is 0 Å². The summed E-state index contributed by atoms with van der Waals surface area (Å²) in [6, 6.07) is 2.10. The second-order valence-electron chi connectivity index (χ2n) is 5.44. The van der Waals surface area contributed by atoms with E-state index in [-0.39, 0.29) is 0 Å². The average Bonchev–Trinajstić information content (AvgIpc) is 3.04. The van der Waals surface area contributed by atoms with Crippen molar-refractivity contribution in [3.05, 3.63) is 27.2 Å². The Morgan fingerprint density at radius 3 is 2.65 bits per heavy atom. The van der Waals surface area contributed by atoms with Gasteiger partial charge in [-0.25, -0.2) is 0 Å². The highest BCUT2D eigenvalue weighted by atomic mass is 79.9. The molecule has 0 spiro atoms. The highest BCUT2D eigenvalue weighted by Gasteiger charge is 2.41. The third kappa shape index (κ3) is 2.11. The monoisotopic (exact) mass is 296 g/mol. The highest BCUT2D eigenvalue weighted by Crippen LogP contribution is 2.43. The number of halogens is 1. The molecule has 0 bridgehead atoms. The molecule has 92 valence electrons. The SMILES string of the molecule is Oc1c(CC2(O)CC2)cc2c(c1Br)CCCC2. The van der Waals surface area contributed by atoms with Crippen molar-refractivity contribution in [3.63, 3.8) is 0 Å². The van der Waals surface area contributed by atoms with Crippen LogP contribution in [0.5, 0.6) is 5.75 Å². The fourth-order valence-corrected chi connectivity index (χ4v) is 3.42. The van der Waals surface area contributed by atoms with Gasteiger partial charge in [-0.3, -0.25) is 0 Å². The van der Waals surface area contributed by atoms with Crippen molar-refractivity contribution in [1.29, 1.82) is 0 Å². The predicted octanol–water partition coefficient (Wildman–Crippen LogP) is 3.10. The fraction of sp³-hybridized carbons (Fsp3) is 0.571. The molecule has 0 radical (unpaired) electrons. The molecule has 2 N–H and O–H groups in total. The van der Waals surface area contributed by atoms with Gasteiger partial charge in [0.1, 0.15) is 5.75 Å². The van der Waals surface area contributed by atoms with E-state index in [1.807, 2.05) is 0 Å². The van der Waals surface area contributed by atoms with Crippen LogP contribution in [-0.2, 0) is 19.3 Å². The van der Waals surface area contributed by atoms with E-state index in [0.717, 1.165) is 35.7 Å². The van der Waals surface area contributed by atoms with E-state index < -0.39 is 5.60 Å². The van der Waals surface area contributed by atoms with E-state index in [4.69, 9.17) is 0 Å². The lowest BCUT2D eigenvalue weighted by Crippen LogP contribution is -2.13. The first kappa shape index (κ1) is 11.5. The lowest BCUT2D eigenvalue weighted by Gasteiger charge is -2.21. The van der Waals surface area contributed by atoms with Crippen LogP contribution >= 0.6 is 15.9 Å². The minimum Gasteiger partial charge on any atom is -0.506 e. The van der Waals surface area contributed by atoms with Crippen molar-refractivity contribution in [2.24, 2.45) is 0 Å². The lowest BCUT2D eigenvalue weighted by molar-refractivity contribution is 0.150. The zero-order valence-corrected chi connectivity index (χ0v) is 11.4. The molecular weight excluding hydrogens is 280 g/mol. The summed E-state index contributed by atoms with van der Waals surface area (Å²) in [6.07, 6.45) is 6.89. The Morgan fingerprint density at radius 2 is 1.94 bits per heavy atom. The molecule has 3 rings (SSSR count). The molecule has 2 aliphatic carbocycles. The Bertz CT molecular complexity index is 464. The molecule has 0 amide bonds. The number of phenolic OH excluding ortho intramolecular Hbond substituents is 1. The molecule has 0 aromatic heterocycles. The molecule has 1 saturated carbocycles. The number of aliphatic hydroxyl groups is 1. The molecule has 2 nitrogen and oxygen atoms in total. The number of fused-ring (bicyclic) bond motifs is 1. The van der Waals surface area contributed by atoms with Gasteiger partial charge in [0.25, 0.3) is 0 Å². The first-order chi connectivity index (χ1) is 8.09. The first-order valence-electron chi connectivity index (χ1n) is 6.33. The Morgan fingerprint density at radius 1 is 1.24 bits per heavy atom. The topological polar surface area (TPSA) is 40.5 Å². The molecule has 0 saturated heterocycles. The summed E-state index contributed by atoms with van der Waals surface area (Å²) in [5.74, 6) is 0.339. The van der Waals surface area contributed by atoms with Crippen LogP contribution in [0.4, 0.5) is 0 Å². The Kier molecular flexibility index (Phi) is 2.71. The number of rotatable bonds is 2. The number of hydrogen-bond donors (Lipinski definition) is 2. The van der Waals surface area contributed by atoms with Gasteiger partial charge in [0.05, 0.1) is 10.1 Å². The standard InChI is InChI=1S/C14H17BrO2/c15-12-11-4-2-1-3-9(11)7-10(13(12)16)8-14(17)5-6-14/h7,16-17H,1-6,8H2. The zero-order valence-electron chi connectivity index (χ0n) is 9.80. The molecule has 1 aromatic rings. The minimum absolute atomic E-state index is 0.339. The maximum Gasteiger partial charge on any atom is 0.133 e. The molecule has 3 heteroatoms. The third-order valence-electron chi connectivity index (χ3n) is 3.98. The Labute approximate surface area is 110 Å². The van der Waals surface area contributed by atoms with E-state index in [1.54, 1.807) is 0 Å². The normalized spacial score (nSPS) is 21.1. The van der Waals surface area contributed by atoms with Gasteiger partial charge in [-0.1, -0.05) is 6.07 Å². The quantitative estimate of drug-likeness (QED) is 0.880. The molecule has 0 aliphatic heterocycles. The van der Waals surface area contributed by atoms with E-state index in [1.165, 1.54) is 24.0 Å². The molecule has 0 unspecified atom stereocenters. The van der Waals surface area contributed by atoms with Crippen molar-refractivity contribution in [3.8, 4) is 5.75 Å². The molecule has 1 aromatic carbocycles. The number of hydrogen-bond acceptors (Lipinski definition) is 2. The molecule has 17 heavy (non-hydrogen) atoms. The molecule has 0 heterocycles. The van der Waals surface area contributed by atoms with Crippen molar-refractivity contribution in [2.45, 2.75) is 50.5 Å². The molecule has 1 fully saturated rings. The summed E-state index contributed by atoms with van der Waals surface area (Å²) in [4.78, 5) is 0. The first-order valence-corrected chi connectivity index (χ1v) is 7.13. The van der Waals surface area contributed by atoms with Crippen LogP contribution in [0.2, 0.25) is 0 Å². The second-order valence-corrected chi connectivity index (χ2v) is 6.24. The summed E-state index contributed by atoms with van der Waals surface area (Å²) in [7, 11) is 0. The van der Waals surface area contributed by atoms with Gasteiger partial charge in [-0.2, -0.15) is 0 Å². The van der Waals surface area contributed by atoms with Crippen LogP contribution in [0.1, 0.15) is 42.4 Å². The van der Waals surface area contributed by atoms with Crippen LogP contribution in [0, 0.1) is 0 Å². The number of benzene rings is 1. The van der Waals surface area contributed by atoms with Crippen LogP contribution in [0.3, 0.4) is 0 Å². The smallest absolute Gasteiger partial charge is 0.133 e. The van der Waals surface area contributed by atoms with Crippen molar-refractivity contribution in [2.75, 3.05) is 0 Å². The van der Waals surface area contributed by atoms with Gasteiger partial charge < -0.3 is 10.2 Å². The highest BCUT2D eigenvalue weighted by molar-refractivity contribution is 9.10. The van der Waals surface area contributed by atoms with Crippen LogP contribution in [0.15, 0.2) is 10.5 Å². The number of aromatic hydroxyl groups is 1. The molecule has 2 aliphatic rings. The average molecular weight is 297 g/mol. The van der Waals surface area contributed by atoms with Gasteiger partial charge in [0.15, 0.2) is 0 Å². The number of phenols is 1. The fourth-order valence-electron chi connectivity index (χ4n) is 2.71. The molecule has 0 atom stereocenters. The zero-order chi connectivity index (χ0) is 12.0. The van der Waals surface area contributed by atoms with E-state index in [0.29, 0.717) is 12.2 Å².